The third-order valence-electron chi connectivity index (χ3n) is 4.31. The van der Waals surface area contributed by atoms with Crippen molar-refractivity contribution in [3.05, 3.63) is 29.6 Å². The van der Waals surface area contributed by atoms with Crippen molar-refractivity contribution in [1.29, 1.82) is 0 Å². The molecule has 0 saturated carbocycles. The van der Waals surface area contributed by atoms with Crippen molar-refractivity contribution in [2.45, 2.75) is 39.7 Å². The number of aryl methyl sites for hydroxylation is 3. The number of benzene rings is 1. The van der Waals surface area contributed by atoms with Crippen LogP contribution in [0.15, 0.2) is 18.5 Å². The van der Waals surface area contributed by atoms with Gasteiger partial charge in [-0.05, 0) is 76.0 Å². The molecule has 1 saturated heterocycles. The predicted molar refractivity (Wildman–Crippen MR) is 79.5 cm³/mol. The van der Waals surface area contributed by atoms with Crippen molar-refractivity contribution in [3.63, 3.8) is 0 Å². The van der Waals surface area contributed by atoms with E-state index in [2.05, 4.69) is 40.4 Å². The standard InChI is InChI=1S/C16H23N3/c1-13-10-15-16(11-14(13)2)19(12-17-15)9-5-8-18-6-3-4-7-18/h10-12H,3-9H2,1-2H3. The molecular formula is C16H23N3. The summed E-state index contributed by atoms with van der Waals surface area (Å²) in [6, 6.07) is 4.47. The Morgan fingerprint density at radius 3 is 2.58 bits per heavy atom. The number of aromatic nitrogens is 2. The van der Waals surface area contributed by atoms with Gasteiger partial charge in [0.05, 0.1) is 17.4 Å². The molecule has 102 valence electrons. The van der Waals surface area contributed by atoms with Gasteiger partial charge in [-0.15, -0.1) is 0 Å². The highest BCUT2D eigenvalue weighted by Gasteiger charge is 2.11. The zero-order valence-electron chi connectivity index (χ0n) is 12.0. The van der Waals surface area contributed by atoms with Crippen LogP contribution in [0.25, 0.3) is 11.0 Å². The molecule has 2 heterocycles. The molecule has 3 nitrogen and oxygen atoms in total. The summed E-state index contributed by atoms with van der Waals surface area (Å²) in [5, 5.41) is 0. The van der Waals surface area contributed by atoms with Crippen molar-refractivity contribution in [3.8, 4) is 0 Å². The van der Waals surface area contributed by atoms with E-state index in [1.165, 1.54) is 55.5 Å². The highest BCUT2D eigenvalue weighted by molar-refractivity contribution is 5.77. The molecule has 0 unspecified atom stereocenters. The normalized spacial score (nSPS) is 16.5. The summed E-state index contributed by atoms with van der Waals surface area (Å²) >= 11 is 0. The lowest BCUT2D eigenvalue weighted by Crippen LogP contribution is -2.21. The van der Waals surface area contributed by atoms with Gasteiger partial charge >= 0.3 is 0 Å². The van der Waals surface area contributed by atoms with Crippen molar-refractivity contribution in [2.24, 2.45) is 0 Å². The Morgan fingerprint density at radius 2 is 1.79 bits per heavy atom. The Balaban J connectivity index is 1.68. The minimum Gasteiger partial charge on any atom is -0.331 e. The monoisotopic (exact) mass is 257 g/mol. The van der Waals surface area contributed by atoms with Crippen molar-refractivity contribution in [2.75, 3.05) is 19.6 Å². The second kappa shape index (κ2) is 5.33. The molecule has 0 bridgehead atoms. The summed E-state index contributed by atoms with van der Waals surface area (Å²) < 4.78 is 2.30. The number of likely N-dealkylation sites (tertiary alicyclic amines) is 1. The van der Waals surface area contributed by atoms with Crippen LogP contribution in [0.5, 0.6) is 0 Å². The molecule has 1 aromatic heterocycles. The lowest BCUT2D eigenvalue weighted by Gasteiger charge is -2.14. The number of hydrogen-bond acceptors (Lipinski definition) is 2. The fraction of sp³-hybridized carbons (Fsp3) is 0.562. The minimum absolute atomic E-state index is 1.08. The first kappa shape index (κ1) is 12.7. The average molecular weight is 257 g/mol. The van der Waals surface area contributed by atoms with Crippen LogP contribution >= 0.6 is 0 Å². The van der Waals surface area contributed by atoms with Crippen molar-refractivity contribution >= 4 is 11.0 Å². The van der Waals surface area contributed by atoms with Crippen LogP contribution in [-0.4, -0.2) is 34.1 Å². The molecule has 3 rings (SSSR count). The van der Waals surface area contributed by atoms with E-state index in [9.17, 15) is 0 Å². The maximum absolute atomic E-state index is 4.52. The third kappa shape index (κ3) is 2.66. The molecule has 0 spiro atoms. The maximum atomic E-state index is 4.52. The fourth-order valence-corrected chi connectivity index (χ4v) is 2.96. The molecule has 0 atom stereocenters. The Bertz CT molecular complexity index is 565. The van der Waals surface area contributed by atoms with Crippen LogP contribution in [0.2, 0.25) is 0 Å². The summed E-state index contributed by atoms with van der Waals surface area (Å²) in [7, 11) is 0. The Labute approximate surface area is 115 Å². The molecular weight excluding hydrogens is 234 g/mol. The molecule has 0 radical (unpaired) electrons. The van der Waals surface area contributed by atoms with Gasteiger partial charge in [0, 0.05) is 6.54 Å². The van der Waals surface area contributed by atoms with Crippen LogP contribution in [-0.2, 0) is 6.54 Å². The second-order valence-corrected chi connectivity index (χ2v) is 5.77. The highest BCUT2D eigenvalue weighted by atomic mass is 15.1. The van der Waals surface area contributed by atoms with E-state index in [-0.39, 0.29) is 0 Å². The molecule has 0 N–H and O–H groups in total. The fourth-order valence-electron chi connectivity index (χ4n) is 2.96. The predicted octanol–water partition coefficient (Wildman–Crippen LogP) is 3.14. The van der Waals surface area contributed by atoms with Crippen LogP contribution in [0.1, 0.15) is 30.4 Å². The Kier molecular flexibility index (Phi) is 3.56. The minimum atomic E-state index is 1.08. The van der Waals surface area contributed by atoms with Gasteiger partial charge in [-0.3, -0.25) is 0 Å². The molecule has 19 heavy (non-hydrogen) atoms. The maximum Gasteiger partial charge on any atom is 0.0958 e. The van der Waals surface area contributed by atoms with Crippen LogP contribution in [0, 0.1) is 13.8 Å². The van der Waals surface area contributed by atoms with Gasteiger partial charge in [-0.2, -0.15) is 0 Å². The van der Waals surface area contributed by atoms with Crippen LogP contribution in [0.3, 0.4) is 0 Å². The summed E-state index contributed by atoms with van der Waals surface area (Å²) in [5.41, 5.74) is 5.09. The average Bonchev–Trinajstić information content (AvgIpc) is 3.02. The molecule has 0 amide bonds. The number of rotatable bonds is 4. The molecule has 1 aliphatic heterocycles. The van der Waals surface area contributed by atoms with Gasteiger partial charge in [0.1, 0.15) is 0 Å². The Hall–Kier alpha value is -1.35. The lowest BCUT2D eigenvalue weighted by molar-refractivity contribution is 0.326. The molecule has 0 aliphatic carbocycles. The van der Waals surface area contributed by atoms with Crippen molar-refractivity contribution < 1.29 is 0 Å². The molecule has 2 aromatic rings. The van der Waals surface area contributed by atoms with E-state index in [1.54, 1.807) is 0 Å². The summed E-state index contributed by atoms with van der Waals surface area (Å²) in [6.07, 6.45) is 5.98. The molecule has 1 aliphatic rings. The zero-order valence-corrected chi connectivity index (χ0v) is 12.0. The first-order valence-electron chi connectivity index (χ1n) is 7.38. The SMILES string of the molecule is Cc1cc2ncn(CCCN3CCCC3)c2cc1C. The van der Waals surface area contributed by atoms with Gasteiger partial charge in [-0.25, -0.2) is 4.98 Å². The number of nitrogens with zero attached hydrogens (tertiary/aromatic N) is 3. The molecule has 3 heteroatoms. The van der Waals surface area contributed by atoms with E-state index in [4.69, 9.17) is 0 Å². The summed E-state index contributed by atoms with van der Waals surface area (Å²) in [5.74, 6) is 0. The topological polar surface area (TPSA) is 21.1 Å². The van der Waals surface area contributed by atoms with Gasteiger partial charge in [0.2, 0.25) is 0 Å². The zero-order chi connectivity index (χ0) is 13.2. The highest BCUT2D eigenvalue weighted by Crippen LogP contribution is 2.18. The molecule has 1 fully saturated rings. The van der Waals surface area contributed by atoms with Gasteiger partial charge in [0.15, 0.2) is 0 Å². The van der Waals surface area contributed by atoms with E-state index >= 15 is 0 Å². The van der Waals surface area contributed by atoms with E-state index in [0.29, 0.717) is 0 Å². The van der Waals surface area contributed by atoms with Gasteiger partial charge in [-0.1, -0.05) is 0 Å². The first-order valence-corrected chi connectivity index (χ1v) is 7.38. The summed E-state index contributed by atoms with van der Waals surface area (Å²) in [6.45, 7) is 9.23. The van der Waals surface area contributed by atoms with E-state index < -0.39 is 0 Å². The lowest BCUT2D eigenvalue weighted by atomic mass is 10.1. The Morgan fingerprint density at radius 1 is 1.05 bits per heavy atom. The number of hydrogen-bond donors (Lipinski definition) is 0. The third-order valence-corrected chi connectivity index (χ3v) is 4.31. The van der Waals surface area contributed by atoms with Crippen molar-refractivity contribution in [1.82, 2.24) is 14.5 Å². The van der Waals surface area contributed by atoms with E-state index in [1.807, 2.05) is 6.33 Å². The van der Waals surface area contributed by atoms with Crippen LogP contribution in [0.4, 0.5) is 0 Å². The number of fused-ring (bicyclic) bond motifs is 1. The second-order valence-electron chi connectivity index (χ2n) is 5.77. The summed E-state index contributed by atoms with van der Waals surface area (Å²) in [4.78, 5) is 7.10. The van der Waals surface area contributed by atoms with Crippen LogP contribution < -0.4 is 0 Å². The largest absolute Gasteiger partial charge is 0.331 e. The van der Waals surface area contributed by atoms with Gasteiger partial charge in [0.25, 0.3) is 0 Å². The molecule has 1 aromatic carbocycles. The quantitative estimate of drug-likeness (QED) is 0.839. The number of imidazole rings is 1. The first-order chi connectivity index (χ1) is 9.24. The van der Waals surface area contributed by atoms with E-state index in [0.717, 1.165) is 12.1 Å². The van der Waals surface area contributed by atoms with Gasteiger partial charge < -0.3 is 9.47 Å². The smallest absolute Gasteiger partial charge is 0.0958 e.